The van der Waals surface area contributed by atoms with Gasteiger partial charge in [-0.15, -0.1) is 0 Å². The van der Waals surface area contributed by atoms with E-state index >= 15 is 0 Å². The Morgan fingerprint density at radius 1 is 1.46 bits per heavy atom. The van der Waals surface area contributed by atoms with Crippen LogP contribution in [0, 0.1) is 11.6 Å². The van der Waals surface area contributed by atoms with Crippen LogP contribution in [0.5, 0.6) is 0 Å². The Hall–Kier alpha value is -1.00. The summed E-state index contributed by atoms with van der Waals surface area (Å²) in [5.41, 5.74) is 0.107. The number of aliphatic hydroxyl groups excluding tert-OH is 1. The molecule has 1 unspecified atom stereocenters. The minimum atomic E-state index is -0.939. The van der Waals surface area contributed by atoms with E-state index in [1.165, 1.54) is 6.07 Å². The van der Waals surface area contributed by atoms with E-state index in [-0.39, 0.29) is 12.1 Å². The normalized spacial score (nSPS) is 12.9. The van der Waals surface area contributed by atoms with Gasteiger partial charge in [-0.05, 0) is 13.1 Å². The second-order valence-corrected chi connectivity index (χ2v) is 2.74. The summed E-state index contributed by atoms with van der Waals surface area (Å²) < 4.78 is 25.5. The number of benzene rings is 1. The van der Waals surface area contributed by atoms with Gasteiger partial charge in [0.2, 0.25) is 0 Å². The molecular weight excluding hydrogens is 176 g/mol. The summed E-state index contributed by atoms with van der Waals surface area (Å²) in [6.07, 6.45) is -0.939. The van der Waals surface area contributed by atoms with E-state index in [0.717, 1.165) is 12.1 Å². The van der Waals surface area contributed by atoms with Gasteiger partial charge in [0.25, 0.3) is 0 Å². The van der Waals surface area contributed by atoms with Crippen LogP contribution in [0.3, 0.4) is 0 Å². The van der Waals surface area contributed by atoms with Crippen molar-refractivity contribution < 1.29 is 13.9 Å². The van der Waals surface area contributed by atoms with E-state index < -0.39 is 17.7 Å². The minimum absolute atomic E-state index is 0.107. The summed E-state index contributed by atoms with van der Waals surface area (Å²) in [5.74, 6) is -1.36. The topological polar surface area (TPSA) is 32.3 Å². The van der Waals surface area contributed by atoms with E-state index in [2.05, 4.69) is 5.32 Å². The second-order valence-electron chi connectivity index (χ2n) is 2.74. The first-order valence-electron chi connectivity index (χ1n) is 3.92. The van der Waals surface area contributed by atoms with Gasteiger partial charge < -0.3 is 10.4 Å². The van der Waals surface area contributed by atoms with Crippen molar-refractivity contribution in [2.75, 3.05) is 13.6 Å². The molecule has 0 heterocycles. The molecule has 1 aromatic carbocycles. The van der Waals surface area contributed by atoms with Gasteiger partial charge in [0.05, 0.1) is 6.10 Å². The molecule has 1 aromatic rings. The number of hydrogen-bond acceptors (Lipinski definition) is 2. The Balaban J connectivity index is 2.88. The van der Waals surface area contributed by atoms with E-state index in [1.54, 1.807) is 7.05 Å². The van der Waals surface area contributed by atoms with Gasteiger partial charge in [-0.2, -0.15) is 0 Å². The van der Waals surface area contributed by atoms with E-state index in [1.807, 2.05) is 0 Å². The molecule has 2 nitrogen and oxygen atoms in total. The summed E-state index contributed by atoms with van der Waals surface area (Å²) in [6, 6.07) is 3.12. The first-order chi connectivity index (χ1) is 6.15. The molecule has 0 aliphatic carbocycles. The molecule has 0 aliphatic heterocycles. The van der Waals surface area contributed by atoms with Crippen molar-refractivity contribution in [3.05, 3.63) is 35.4 Å². The van der Waals surface area contributed by atoms with Crippen LogP contribution in [0.1, 0.15) is 11.7 Å². The molecule has 0 aromatic heterocycles. The molecule has 2 N–H and O–H groups in total. The van der Waals surface area contributed by atoms with Crippen molar-refractivity contribution >= 4 is 0 Å². The molecule has 13 heavy (non-hydrogen) atoms. The molecule has 0 amide bonds. The van der Waals surface area contributed by atoms with Crippen molar-refractivity contribution in [2.24, 2.45) is 0 Å². The molecule has 1 rings (SSSR count). The third kappa shape index (κ3) is 2.47. The van der Waals surface area contributed by atoms with E-state index in [0.29, 0.717) is 0 Å². The average Bonchev–Trinajstić information content (AvgIpc) is 2.04. The highest BCUT2D eigenvalue weighted by Gasteiger charge is 2.11. The highest BCUT2D eigenvalue weighted by atomic mass is 19.1. The summed E-state index contributed by atoms with van der Waals surface area (Å²) in [5, 5.41) is 12.1. The van der Waals surface area contributed by atoms with Crippen molar-refractivity contribution in [1.82, 2.24) is 5.32 Å². The maximum atomic E-state index is 13.0. The van der Waals surface area contributed by atoms with Gasteiger partial charge in [0.1, 0.15) is 11.6 Å². The molecule has 0 radical (unpaired) electrons. The Bertz CT molecular complexity index is 291. The number of rotatable bonds is 3. The lowest BCUT2D eigenvalue weighted by molar-refractivity contribution is 0.173. The van der Waals surface area contributed by atoms with Gasteiger partial charge in [0, 0.05) is 18.2 Å². The predicted molar refractivity (Wildman–Crippen MR) is 45.2 cm³/mol. The zero-order valence-electron chi connectivity index (χ0n) is 7.22. The highest BCUT2D eigenvalue weighted by molar-refractivity contribution is 5.21. The smallest absolute Gasteiger partial charge is 0.131 e. The van der Waals surface area contributed by atoms with E-state index in [9.17, 15) is 13.9 Å². The molecule has 72 valence electrons. The van der Waals surface area contributed by atoms with Crippen LogP contribution in [0.15, 0.2) is 18.2 Å². The van der Waals surface area contributed by atoms with Crippen LogP contribution in [-0.2, 0) is 0 Å². The van der Waals surface area contributed by atoms with Crippen molar-refractivity contribution in [3.8, 4) is 0 Å². The first-order valence-corrected chi connectivity index (χ1v) is 3.92. The third-order valence-electron chi connectivity index (χ3n) is 1.72. The molecule has 0 saturated heterocycles. The van der Waals surface area contributed by atoms with Crippen LogP contribution in [0.25, 0.3) is 0 Å². The van der Waals surface area contributed by atoms with Crippen molar-refractivity contribution in [3.63, 3.8) is 0 Å². The highest BCUT2D eigenvalue weighted by Crippen LogP contribution is 2.16. The number of halogens is 2. The molecule has 0 saturated carbocycles. The molecule has 0 aliphatic rings. The van der Waals surface area contributed by atoms with Crippen LogP contribution >= 0.6 is 0 Å². The maximum absolute atomic E-state index is 13.0. The minimum Gasteiger partial charge on any atom is -0.387 e. The molecule has 0 spiro atoms. The molecule has 4 heteroatoms. The van der Waals surface area contributed by atoms with Crippen LogP contribution in [0.4, 0.5) is 8.78 Å². The Kier molecular flexibility index (Phi) is 3.33. The summed E-state index contributed by atoms with van der Waals surface area (Å²) in [7, 11) is 1.64. The average molecular weight is 187 g/mol. The van der Waals surface area contributed by atoms with Crippen LogP contribution in [0.2, 0.25) is 0 Å². The second kappa shape index (κ2) is 4.30. The summed E-state index contributed by atoms with van der Waals surface area (Å²) in [4.78, 5) is 0. The van der Waals surface area contributed by atoms with Crippen molar-refractivity contribution in [1.29, 1.82) is 0 Å². The summed E-state index contributed by atoms with van der Waals surface area (Å²) in [6.45, 7) is 0.239. The number of nitrogens with one attached hydrogen (secondary N) is 1. The molecule has 1 atom stereocenters. The number of likely N-dealkylation sites (N-methyl/N-ethyl adjacent to an activating group) is 1. The summed E-state index contributed by atoms with van der Waals surface area (Å²) >= 11 is 0. The van der Waals surface area contributed by atoms with Crippen LogP contribution in [-0.4, -0.2) is 18.7 Å². The predicted octanol–water partition coefficient (Wildman–Crippen LogP) is 1.22. The maximum Gasteiger partial charge on any atom is 0.131 e. The van der Waals surface area contributed by atoms with Crippen LogP contribution < -0.4 is 5.32 Å². The number of aliphatic hydroxyl groups is 1. The quantitative estimate of drug-likeness (QED) is 0.745. The molecular formula is C9H11F2NO. The van der Waals surface area contributed by atoms with E-state index in [4.69, 9.17) is 0 Å². The lowest BCUT2D eigenvalue weighted by Gasteiger charge is -2.10. The third-order valence-corrected chi connectivity index (χ3v) is 1.72. The zero-order chi connectivity index (χ0) is 9.84. The van der Waals surface area contributed by atoms with Gasteiger partial charge in [-0.25, -0.2) is 8.78 Å². The first kappa shape index (κ1) is 10.1. The standard InChI is InChI=1S/C9H11F2NO/c1-12-5-9(13)7-3-2-6(10)4-8(7)11/h2-4,9,12-13H,5H2,1H3. The lowest BCUT2D eigenvalue weighted by Crippen LogP contribution is -2.17. The Morgan fingerprint density at radius 2 is 2.15 bits per heavy atom. The van der Waals surface area contributed by atoms with Gasteiger partial charge >= 0.3 is 0 Å². The zero-order valence-corrected chi connectivity index (χ0v) is 7.22. The van der Waals surface area contributed by atoms with Gasteiger partial charge in [-0.1, -0.05) is 6.07 Å². The Morgan fingerprint density at radius 3 is 2.69 bits per heavy atom. The fourth-order valence-corrected chi connectivity index (χ4v) is 1.08. The monoisotopic (exact) mass is 187 g/mol. The lowest BCUT2D eigenvalue weighted by atomic mass is 10.1. The van der Waals surface area contributed by atoms with Gasteiger partial charge in [0.15, 0.2) is 0 Å². The van der Waals surface area contributed by atoms with Gasteiger partial charge in [-0.3, -0.25) is 0 Å². The molecule has 0 bridgehead atoms. The SMILES string of the molecule is CNCC(O)c1ccc(F)cc1F. The fourth-order valence-electron chi connectivity index (χ4n) is 1.08. The number of hydrogen-bond donors (Lipinski definition) is 2. The Labute approximate surface area is 75.2 Å². The van der Waals surface area contributed by atoms with Crippen molar-refractivity contribution in [2.45, 2.75) is 6.10 Å². The fraction of sp³-hybridized carbons (Fsp3) is 0.333. The largest absolute Gasteiger partial charge is 0.387 e. The molecule has 0 fully saturated rings.